The second kappa shape index (κ2) is 12.4. The van der Waals surface area contributed by atoms with E-state index in [1.165, 1.54) is 11.1 Å². The molecule has 2 heterocycles. The minimum absolute atomic E-state index is 0. The second-order valence-electron chi connectivity index (χ2n) is 6.90. The summed E-state index contributed by atoms with van der Waals surface area (Å²) in [5.74, 6) is 2.74. The van der Waals surface area contributed by atoms with Gasteiger partial charge in [0.15, 0.2) is 11.6 Å². The molecule has 8 heteroatoms. The highest BCUT2D eigenvalue weighted by molar-refractivity contribution is 14.0. The number of aryl methyl sites for hydroxylation is 2. The summed E-state index contributed by atoms with van der Waals surface area (Å²) in [6, 6.07) is 12.2. The molecule has 0 saturated carbocycles. The number of halogens is 1. The molecule has 0 spiro atoms. The summed E-state index contributed by atoms with van der Waals surface area (Å²) in [6.45, 7) is 6.52. The number of guanidine groups is 1. The number of rotatable bonds is 9. The Kier molecular flexibility index (Phi) is 9.85. The van der Waals surface area contributed by atoms with Gasteiger partial charge in [-0.3, -0.25) is 9.39 Å². The van der Waals surface area contributed by atoms with Crippen LogP contribution in [-0.2, 0) is 12.8 Å². The zero-order valence-corrected chi connectivity index (χ0v) is 20.2. The van der Waals surface area contributed by atoms with Gasteiger partial charge >= 0.3 is 0 Å². The molecular formula is C22H31IN6O. The first kappa shape index (κ1) is 23.9. The summed E-state index contributed by atoms with van der Waals surface area (Å²) in [4.78, 5) is 4.69. The van der Waals surface area contributed by atoms with Crippen molar-refractivity contribution in [1.29, 1.82) is 0 Å². The predicted molar refractivity (Wildman–Crippen MR) is 132 cm³/mol. The van der Waals surface area contributed by atoms with E-state index in [-0.39, 0.29) is 24.0 Å². The van der Waals surface area contributed by atoms with E-state index in [4.69, 9.17) is 9.73 Å². The second-order valence-corrected chi connectivity index (χ2v) is 6.90. The maximum atomic E-state index is 5.46. The highest BCUT2D eigenvalue weighted by atomic mass is 127. The summed E-state index contributed by atoms with van der Waals surface area (Å²) in [5, 5.41) is 15.2. The fourth-order valence-corrected chi connectivity index (χ4v) is 3.25. The van der Waals surface area contributed by atoms with E-state index in [9.17, 15) is 0 Å². The number of fused-ring (bicyclic) bond motifs is 1. The first-order valence-corrected chi connectivity index (χ1v) is 10.2. The van der Waals surface area contributed by atoms with Crippen molar-refractivity contribution in [3.8, 4) is 5.75 Å². The Morgan fingerprint density at radius 3 is 2.80 bits per heavy atom. The number of aliphatic imine (C=N–C) groups is 1. The molecule has 3 aromatic rings. The molecule has 0 aliphatic rings. The van der Waals surface area contributed by atoms with Gasteiger partial charge < -0.3 is 15.4 Å². The van der Waals surface area contributed by atoms with Gasteiger partial charge in [0.2, 0.25) is 0 Å². The average Bonchev–Trinajstić information content (AvgIpc) is 3.14. The van der Waals surface area contributed by atoms with Crippen LogP contribution < -0.4 is 15.4 Å². The summed E-state index contributed by atoms with van der Waals surface area (Å²) >= 11 is 0. The quantitative estimate of drug-likeness (QED) is 0.195. The van der Waals surface area contributed by atoms with Crippen molar-refractivity contribution in [2.75, 3.05) is 26.7 Å². The van der Waals surface area contributed by atoms with E-state index >= 15 is 0 Å². The molecule has 1 aromatic carbocycles. The number of nitrogens with one attached hydrogen (secondary N) is 2. The lowest BCUT2D eigenvalue weighted by Crippen LogP contribution is -2.38. The maximum Gasteiger partial charge on any atom is 0.191 e. The van der Waals surface area contributed by atoms with Gasteiger partial charge in [0.05, 0.1) is 7.11 Å². The van der Waals surface area contributed by atoms with Crippen molar-refractivity contribution in [2.24, 2.45) is 4.99 Å². The molecule has 0 radical (unpaired) electrons. The van der Waals surface area contributed by atoms with Crippen LogP contribution in [0.2, 0.25) is 0 Å². The highest BCUT2D eigenvalue weighted by Gasteiger charge is 2.05. The number of methoxy groups -OCH3 is 1. The Bertz CT molecular complexity index is 956. The van der Waals surface area contributed by atoms with Crippen LogP contribution in [0, 0.1) is 6.92 Å². The third-order valence-corrected chi connectivity index (χ3v) is 4.68. The van der Waals surface area contributed by atoms with Gasteiger partial charge in [0, 0.05) is 32.3 Å². The van der Waals surface area contributed by atoms with Crippen LogP contribution in [0.4, 0.5) is 0 Å². The van der Waals surface area contributed by atoms with Crippen LogP contribution in [0.1, 0.15) is 30.3 Å². The van der Waals surface area contributed by atoms with Crippen molar-refractivity contribution in [3.05, 3.63) is 59.5 Å². The minimum atomic E-state index is 0. The zero-order valence-electron chi connectivity index (χ0n) is 17.9. The Morgan fingerprint density at radius 2 is 2.00 bits per heavy atom. The molecule has 0 fully saturated rings. The third kappa shape index (κ3) is 6.58. The van der Waals surface area contributed by atoms with Crippen molar-refractivity contribution in [3.63, 3.8) is 0 Å². The van der Waals surface area contributed by atoms with Gasteiger partial charge in [-0.1, -0.05) is 23.8 Å². The monoisotopic (exact) mass is 522 g/mol. The summed E-state index contributed by atoms with van der Waals surface area (Å²) in [7, 11) is 1.71. The topological polar surface area (TPSA) is 75.8 Å². The molecular weight excluding hydrogens is 491 g/mol. The van der Waals surface area contributed by atoms with E-state index in [1.807, 2.05) is 34.9 Å². The van der Waals surface area contributed by atoms with Gasteiger partial charge in [-0.25, -0.2) is 0 Å². The Labute approximate surface area is 195 Å². The summed E-state index contributed by atoms with van der Waals surface area (Å²) in [6.07, 6.45) is 4.63. The molecule has 0 aliphatic heterocycles. The SMILES string of the molecule is CCNC(=NCCCc1nnc2ccccn12)NCCc1cc(C)ccc1OC.I. The van der Waals surface area contributed by atoms with Crippen LogP contribution in [-0.4, -0.2) is 47.3 Å². The van der Waals surface area contributed by atoms with E-state index in [2.05, 4.69) is 46.8 Å². The van der Waals surface area contributed by atoms with Gasteiger partial charge in [-0.15, -0.1) is 34.2 Å². The average molecular weight is 522 g/mol. The Balaban J connectivity index is 0.00000320. The van der Waals surface area contributed by atoms with Crippen molar-refractivity contribution < 1.29 is 4.74 Å². The number of nitrogens with zero attached hydrogens (tertiary/aromatic N) is 4. The van der Waals surface area contributed by atoms with E-state index in [0.29, 0.717) is 0 Å². The molecule has 2 N–H and O–H groups in total. The molecule has 0 amide bonds. The molecule has 7 nitrogen and oxygen atoms in total. The van der Waals surface area contributed by atoms with Crippen molar-refractivity contribution in [1.82, 2.24) is 25.2 Å². The van der Waals surface area contributed by atoms with Gasteiger partial charge in [-0.05, 0) is 50.5 Å². The standard InChI is InChI=1S/C22H30N6O.HI/c1-4-23-22(25-14-12-18-16-17(2)10-11-19(18)29-3)24-13-7-9-21-27-26-20-8-5-6-15-28(20)21;/h5-6,8,10-11,15-16H,4,7,9,12-14H2,1-3H3,(H2,23,24,25);1H. The maximum absolute atomic E-state index is 5.46. The van der Waals surface area contributed by atoms with Crippen LogP contribution in [0.25, 0.3) is 5.65 Å². The Hall–Kier alpha value is -2.36. The van der Waals surface area contributed by atoms with Gasteiger partial charge in [0.1, 0.15) is 11.6 Å². The van der Waals surface area contributed by atoms with Crippen molar-refractivity contribution in [2.45, 2.75) is 33.1 Å². The third-order valence-electron chi connectivity index (χ3n) is 4.68. The smallest absolute Gasteiger partial charge is 0.191 e. The van der Waals surface area contributed by atoms with E-state index in [1.54, 1.807) is 7.11 Å². The van der Waals surface area contributed by atoms with Crippen LogP contribution in [0.5, 0.6) is 5.75 Å². The molecule has 30 heavy (non-hydrogen) atoms. The number of ether oxygens (including phenoxy) is 1. The number of hydrogen-bond acceptors (Lipinski definition) is 4. The molecule has 0 bridgehead atoms. The molecule has 162 valence electrons. The molecule has 0 atom stereocenters. The lowest BCUT2D eigenvalue weighted by Gasteiger charge is -2.13. The molecule has 0 unspecified atom stereocenters. The molecule has 2 aromatic heterocycles. The normalized spacial score (nSPS) is 11.2. The van der Waals surface area contributed by atoms with Crippen LogP contribution >= 0.6 is 24.0 Å². The van der Waals surface area contributed by atoms with Gasteiger partial charge in [-0.2, -0.15) is 0 Å². The zero-order chi connectivity index (χ0) is 20.5. The number of hydrogen-bond donors (Lipinski definition) is 2. The van der Waals surface area contributed by atoms with E-state index in [0.717, 1.165) is 62.1 Å². The van der Waals surface area contributed by atoms with E-state index < -0.39 is 0 Å². The molecule has 0 saturated heterocycles. The lowest BCUT2D eigenvalue weighted by molar-refractivity contribution is 0.409. The number of benzene rings is 1. The highest BCUT2D eigenvalue weighted by Crippen LogP contribution is 2.19. The largest absolute Gasteiger partial charge is 0.496 e. The van der Waals surface area contributed by atoms with Crippen LogP contribution in [0.15, 0.2) is 47.6 Å². The first-order chi connectivity index (χ1) is 14.2. The summed E-state index contributed by atoms with van der Waals surface area (Å²) < 4.78 is 7.49. The first-order valence-electron chi connectivity index (χ1n) is 10.2. The molecule has 0 aliphatic carbocycles. The number of aromatic nitrogens is 3. The molecule has 3 rings (SSSR count). The fourth-order valence-electron chi connectivity index (χ4n) is 3.25. The fraction of sp³-hybridized carbons (Fsp3) is 0.409. The summed E-state index contributed by atoms with van der Waals surface area (Å²) in [5.41, 5.74) is 3.32. The van der Waals surface area contributed by atoms with Gasteiger partial charge in [0.25, 0.3) is 0 Å². The Morgan fingerprint density at radius 1 is 1.13 bits per heavy atom. The van der Waals surface area contributed by atoms with Crippen molar-refractivity contribution >= 4 is 35.6 Å². The number of pyridine rings is 1. The van der Waals surface area contributed by atoms with Crippen LogP contribution in [0.3, 0.4) is 0 Å². The minimum Gasteiger partial charge on any atom is -0.496 e. The predicted octanol–water partition coefficient (Wildman–Crippen LogP) is 3.39. The lowest BCUT2D eigenvalue weighted by atomic mass is 10.1.